The van der Waals surface area contributed by atoms with Gasteiger partial charge in [-0.1, -0.05) is 11.8 Å². The first-order valence-electron chi connectivity index (χ1n) is 9.14. The summed E-state index contributed by atoms with van der Waals surface area (Å²) < 4.78 is 25.2. The second-order valence-corrected chi connectivity index (χ2v) is 7.16. The number of amides is 2. The third kappa shape index (κ3) is 6.19. The molecule has 0 aliphatic rings. The number of carbonyl (C=O) groups excluding carboxylic acids is 2. The van der Waals surface area contributed by atoms with Gasteiger partial charge in [-0.05, 0) is 55.5 Å². The zero-order valence-electron chi connectivity index (χ0n) is 16.7. The largest absolute Gasteiger partial charge is 0.497 e. The summed E-state index contributed by atoms with van der Waals surface area (Å²) in [6.45, 7) is 1.51. The second-order valence-electron chi connectivity index (χ2n) is 6.22. The third-order valence-electron chi connectivity index (χ3n) is 4.02. The van der Waals surface area contributed by atoms with Crippen LogP contribution in [-0.4, -0.2) is 45.5 Å². The molecule has 2 amide bonds. The molecule has 9 nitrogen and oxygen atoms in total. The first kappa shape index (κ1) is 22.1. The van der Waals surface area contributed by atoms with E-state index in [0.29, 0.717) is 10.9 Å². The minimum atomic E-state index is -0.892. The number of hydrogen-bond acceptors (Lipinski definition) is 7. The summed E-state index contributed by atoms with van der Waals surface area (Å²) in [6, 6.07) is 12.6. The lowest BCUT2D eigenvalue weighted by molar-refractivity contribution is -0.131. The van der Waals surface area contributed by atoms with Gasteiger partial charge in [0.1, 0.15) is 23.6 Å². The predicted molar refractivity (Wildman–Crippen MR) is 111 cm³/mol. The van der Waals surface area contributed by atoms with Gasteiger partial charge in [0.05, 0.1) is 12.9 Å². The van der Waals surface area contributed by atoms with Gasteiger partial charge in [0.15, 0.2) is 11.3 Å². The highest BCUT2D eigenvalue weighted by Crippen LogP contribution is 2.21. The lowest BCUT2D eigenvalue weighted by Crippen LogP contribution is -2.47. The Kier molecular flexibility index (Phi) is 7.44. The number of carbonyl (C=O) groups is 2. The number of methoxy groups -OCH3 is 1. The van der Waals surface area contributed by atoms with Crippen molar-refractivity contribution in [2.45, 2.75) is 18.2 Å². The van der Waals surface area contributed by atoms with Crippen molar-refractivity contribution in [2.75, 3.05) is 12.9 Å². The molecule has 0 bridgehead atoms. The van der Waals surface area contributed by atoms with Crippen molar-refractivity contribution in [1.82, 2.24) is 25.6 Å². The summed E-state index contributed by atoms with van der Waals surface area (Å²) in [4.78, 5) is 24.2. The van der Waals surface area contributed by atoms with E-state index in [1.165, 1.54) is 37.5 Å². The summed E-state index contributed by atoms with van der Waals surface area (Å²) in [5.74, 6) is -0.331. The number of aromatic nitrogens is 3. The third-order valence-corrected chi connectivity index (χ3v) is 4.96. The molecule has 11 heteroatoms. The maximum Gasteiger partial charge on any atom is 0.279 e. The molecule has 1 heterocycles. The molecule has 2 aromatic carbocycles. The van der Waals surface area contributed by atoms with E-state index in [9.17, 15) is 14.0 Å². The highest BCUT2D eigenvalue weighted by molar-refractivity contribution is 7.99. The fourth-order valence-corrected chi connectivity index (χ4v) is 3.14. The number of rotatable bonds is 8. The molecule has 31 heavy (non-hydrogen) atoms. The molecule has 0 spiro atoms. The van der Waals surface area contributed by atoms with Crippen molar-refractivity contribution in [2.24, 2.45) is 0 Å². The minimum absolute atomic E-state index is 0.00231. The molecule has 1 unspecified atom stereocenters. The molecule has 3 rings (SSSR count). The molecule has 3 aromatic rings. The Morgan fingerprint density at radius 1 is 1.10 bits per heavy atom. The maximum atomic E-state index is 12.9. The molecule has 0 saturated carbocycles. The van der Waals surface area contributed by atoms with Crippen LogP contribution in [0.3, 0.4) is 0 Å². The van der Waals surface area contributed by atoms with Crippen LogP contribution in [0.15, 0.2) is 60.0 Å². The molecule has 0 saturated heterocycles. The molecule has 2 N–H and O–H groups in total. The Morgan fingerprint density at radius 3 is 2.45 bits per heavy atom. The highest BCUT2D eigenvalue weighted by atomic mass is 32.2. The van der Waals surface area contributed by atoms with E-state index in [4.69, 9.17) is 9.47 Å². The van der Waals surface area contributed by atoms with Crippen LogP contribution in [0.2, 0.25) is 0 Å². The molecule has 0 radical (unpaired) electrons. The predicted octanol–water partition coefficient (Wildman–Crippen LogP) is 2.12. The second kappa shape index (κ2) is 10.4. The van der Waals surface area contributed by atoms with E-state index in [-0.39, 0.29) is 5.75 Å². The van der Waals surface area contributed by atoms with Crippen molar-refractivity contribution in [3.8, 4) is 17.2 Å². The number of halogens is 1. The van der Waals surface area contributed by atoms with Crippen LogP contribution in [0, 0.1) is 5.82 Å². The summed E-state index contributed by atoms with van der Waals surface area (Å²) >= 11 is 1.16. The van der Waals surface area contributed by atoms with E-state index in [1.807, 2.05) is 12.1 Å². The van der Waals surface area contributed by atoms with Gasteiger partial charge >= 0.3 is 0 Å². The van der Waals surface area contributed by atoms with Gasteiger partial charge in [-0.15, -0.1) is 10.2 Å². The van der Waals surface area contributed by atoms with Crippen LogP contribution in [0.1, 0.15) is 6.92 Å². The minimum Gasteiger partial charge on any atom is -0.497 e. The molecule has 1 atom stereocenters. The molecule has 162 valence electrons. The quantitative estimate of drug-likeness (QED) is 0.404. The summed E-state index contributed by atoms with van der Waals surface area (Å²) in [6.07, 6.45) is 0.648. The lowest BCUT2D eigenvalue weighted by atomic mass is 10.3. The monoisotopic (exact) mass is 445 g/mol. The Morgan fingerprint density at radius 2 is 1.77 bits per heavy atom. The molecular formula is C20H20FN5O4S. The van der Waals surface area contributed by atoms with Crippen LogP contribution in [0.4, 0.5) is 4.39 Å². The zero-order valence-corrected chi connectivity index (χ0v) is 17.6. The average Bonchev–Trinajstić information content (AvgIpc) is 3.26. The van der Waals surface area contributed by atoms with Crippen molar-refractivity contribution >= 4 is 23.6 Å². The average molecular weight is 445 g/mol. The smallest absolute Gasteiger partial charge is 0.279 e. The lowest BCUT2D eigenvalue weighted by Gasteiger charge is -2.15. The summed E-state index contributed by atoms with van der Waals surface area (Å²) in [7, 11) is 1.59. The number of ether oxygens (including phenoxy) is 2. The molecule has 1 aromatic heterocycles. The highest BCUT2D eigenvalue weighted by Gasteiger charge is 2.16. The number of hydrazine groups is 1. The topological polar surface area (TPSA) is 107 Å². The van der Waals surface area contributed by atoms with Gasteiger partial charge in [0.25, 0.3) is 5.91 Å². The normalized spacial score (nSPS) is 11.5. The first-order valence-corrected chi connectivity index (χ1v) is 10.1. The summed E-state index contributed by atoms with van der Waals surface area (Å²) in [5.41, 5.74) is 5.43. The van der Waals surface area contributed by atoms with Crippen LogP contribution in [-0.2, 0) is 9.59 Å². The van der Waals surface area contributed by atoms with Gasteiger partial charge in [0.2, 0.25) is 5.91 Å². The van der Waals surface area contributed by atoms with Gasteiger partial charge < -0.3 is 9.47 Å². The Bertz CT molecular complexity index is 1030. The Balaban J connectivity index is 1.46. The zero-order chi connectivity index (χ0) is 22.2. The van der Waals surface area contributed by atoms with Crippen LogP contribution < -0.4 is 20.3 Å². The van der Waals surface area contributed by atoms with Gasteiger partial charge in [-0.3, -0.25) is 25.0 Å². The standard InChI is InChI=1S/C20H20FN5O4S/c1-13(30-17-7-3-14(21)4-8-17)19(28)24-23-18(27)11-31-20-25-22-12-26(20)15-5-9-16(29-2)10-6-15/h3-10,12-13H,11H2,1-2H3,(H,23,27)(H,24,28). The van der Waals surface area contributed by atoms with Crippen LogP contribution >= 0.6 is 11.8 Å². The van der Waals surface area contributed by atoms with Gasteiger partial charge in [-0.2, -0.15) is 0 Å². The van der Waals surface area contributed by atoms with Crippen LogP contribution in [0.25, 0.3) is 5.69 Å². The van der Waals surface area contributed by atoms with Crippen LogP contribution in [0.5, 0.6) is 11.5 Å². The van der Waals surface area contributed by atoms with E-state index >= 15 is 0 Å². The fraction of sp³-hybridized carbons (Fsp3) is 0.200. The first-order chi connectivity index (χ1) is 15.0. The van der Waals surface area contributed by atoms with Gasteiger partial charge in [-0.25, -0.2) is 4.39 Å². The van der Waals surface area contributed by atoms with E-state index < -0.39 is 23.7 Å². The molecule has 0 fully saturated rings. The van der Waals surface area contributed by atoms with E-state index in [0.717, 1.165) is 23.2 Å². The van der Waals surface area contributed by atoms with Gasteiger partial charge in [0, 0.05) is 5.69 Å². The molecule has 0 aliphatic heterocycles. The van der Waals surface area contributed by atoms with Crippen molar-refractivity contribution in [3.63, 3.8) is 0 Å². The van der Waals surface area contributed by atoms with E-state index in [2.05, 4.69) is 21.0 Å². The van der Waals surface area contributed by atoms with Crippen molar-refractivity contribution in [1.29, 1.82) is 0 Å². The fourth-order valence-electron chi connectivity index (χ4n) is 2.41. The number of nitrogens with zero attached hydrogens (tertiary/aromatic N) is 3. The molecule has 0 aliphatic carbocycles. The molecular weight excluding hydrogens is 425 g/mol. The maximum absolute atomic E-state index is 12.9. The Labute approximate surface area is 181 Å². The number of hydrogen-bond donors (Lipinski definition) is 2. The number of thioether (sulfide) groups is 1. The van der Waals surface area contributed by atoms with Crippen molar-refractivity contribution < 1.29 is 23.5 Å². The summed E-state index contributed by atoms with van der Waals surface area (Å²) in [5, 5.41) is 8.41. The SMILES string of the molecule is COc1ccc(-n2cnnc2SCC(=O)NNC(=O)C(C)Oc2ccc(F)cc2)cc1. The number of nitrogens with one attached hydrogen (secondary N) is 2. The number of benzene rings is 2. The Hall–Kier alpha value is -3.60. The van der Waals surface area contributed by atoms with E-state index in [1.54, 1.807) is 23.8 Å². The van der Waals surface area contributed by atoms with Crippen molar-refractivity contribution in [3.05, 3.63) is 60.7 Å².